The minimum atomic E-state index is 0.272. The first-order valence-corrected chi connectivity index (χ1v) is 4.29. The van der Waals surface area contributed by atoms with E-state index in [0.717, 1.165) is 19.2 Å². The van der Waals surface area contributed by atoms with Crippen LogP contribution in [0.3, 0.4) is 0 Å². The zero-order valence-corrected chi connectivity index (χ0v) is 7.37. The molecule has 0 aliphatic carbocycles. The molecule has 1 aliphatic heterocycles. The minimum Gasteiger partial charge on any atom is -0.363 e. The van der Waals surface area contributed by atoms with Gasteiger partial charge in [0, 0.05) is 12.5 Å². The number of hydrogen-bond acceptors (Lipinski definition) is 2. The third-order valence-electron chi connectivity index (χ3n) is 2.09. The molecule has 0 amide bonds. The van der Waals surface area contributed by atoms with Gasteiger partial charge in [0.1, 0.15) is 6.79 Å². The topological polar surface area (TPSA) is 18.5 Å². The molecular formula is C9H15BO2. The quantitative estimate of drug-likeness (QED) is 0.467. The van der Waals surface area contributed by atoms with Crippen molar-refractivity contribution in [2.75, 3.05) is 13.3 Å². The van der Waals surface area contributed by atoms with Crippen molar-refractivity contribution in [2.45, 2.75) is 18.7 Å². The lowest BCUT2D eigenvalue weighted by atomic mass is 9.43. The molecule has 1 atom stereocenters. The molecule has 1 fully saturated rings. The molecule has 0 spiro atoms. The van der Waals surface area contributed by atoms with Gasteiger partial charge in [0.05, 0.1) is 0 Å². The molecule has 2 nitrogen and oxygen atoms in total. The highest BCUT2D eigenvalue weighted by molar-refractivity contribution is 6.60. The number of rotatable bonds is 4. The van der Waals surface area contributed by atoms with Gasteiger partial charge in [-0.3, -0.25) is 0 Å². The molecule has 0 aromatic carbocycles. The molecule has 1 unspecified atom stereocenters. The van der Waals surface area contributed by atoms with Crippen molar-refractivity contribution in [3.63, 3.8) is 0 Å². The monoisotopic (exact) mass is 166 g/mol. The Morgan fingerprint density at radius 3 is 2.92 bits per heavy atom. The summed E-state index contributed by atoms with van der Waals surface area (Å²) in [6.07, 6.45) is 5.67. The Morgan fingerprint density at radius 2 is 2.25 bits per heavy atom. The van der Waals surface area contributed by atoms with E-state index in [1.807, 2.05) is 12.2 Å². The summed E-state index contributed by atoms with van der Waals surface area (Å²) in [4.78, 5) is 0. The summed E-state index contributed by atoms with van der Waals surface area (Å²) < 4.78 is 10.6. The van der Waals surface area contributed by atoms with Crippen molar-refractivity contribution in [3.05, 3.63) is 25.3 Å². The Bertz CT molecular complexity index is 141. The predicted octanol–water partition coefficient (Wildman–Crippen LogP) is 1.69. The summed E-state index contributed by atoms with van der Waals surface area (Å²) >= 11 is 0. The lowest BCUT2D eigenvalue weighted by Crippen LogP contribution is -2.42. The predicted molar refractivity (Wildman–Crippen MR) is 51.3 cm³/mol. The van der Waals surface area contributed by atoms with E-state index in [1.165, 1.54) is 0 Å². The van der Waals surface area contributed by atoms with E-state index >= 15 is 0 Å². The van der Waals surface area contributed by atoms with Crippen molar-refractivity contribution >= 4 is 6.71 Å². The standard InChI is InChI=1S/C9H15BO2/c1-3-5-9-10(6-4-2)7-11-8-12-9/h3-4,9H,1-2,5-8H2. The Morgan fingerprint density at radius 1 is 1.42 bits per heavy atom. The van der Waals surface area contributed by atoms with Crippen LogP contribution in [0.5, 0.6) is 0 Å². The summed E-state index contributed by atoms with van der Waals surface area (Å²) in [6.45, 7) is 9.07. The minimum absolute atomic E-state index is 0.272. The molecule has 66 valence electrons. The van der Waals surface area contributed by atoms with Gasteiger partial charge in [-0.2, -0.15) is 0 Å². The van der Waals surface area contributed by atoms with Gasteiger partial charge >= 0.3 is 0 Å². The van der Waals surface area contributed by atoms with Crippen LogP contribution in [-0.4, -0.2) is 26.0 Å². The Hall–Kier alpha value is -0.535. The molecule has 1 heterocycles. The number of ether oxygens (including phenoxy) is 2. The van der Waals surface area contributed by atoms with Gasteiger partial charge in [-0.25, -0.2) is 0 Å². The Kier molecular flexibility index (Phi) is 4.12. The molecule has 3 heteroatoms. The zero-order chi connectivity index (χ0) is 8.81. The Labute approximate surface area is 74.3 Å². The lowest BCUT2D eigenvalue weighted by molar-refractivity contribution is -0.0753. The molecule has 0 aromatic rings. The van der Waals surface area contributed by atoms with Gasteiger partial charge in [0.25, 0.3) is 0 Å². The molecule has 1 aliphatic rings. The van der Waals surface area contributed by atoms with Crippen LogP contribution in [0, 0.1) is 0 Å². The number of allylic oxidation sites excluding steroid dienone is 1. The fourth-order valence-corrected chi connectivity index (χ4v) is 1.44. The van der Waals surface area contributed by atoms with E-state index in [0.29, 0.717) is 13.5 Å². The molecule has 0 bridgehead atoms. The molecule has 1 rings (SSSR count). The van der Waals surface area contributed by atoms with Gasteiger partial charge in [-0.15, -0.1) is 13.2 Å². The van der Waals surface area contributed by atoms with Gasteiger partial charge in [-0.1, -0.05) is 18.5 Å². The summed E-state index contributed by atoms with van der Waals surface area (Å²) in [7, 11) is 0. The van der Waals surface area contributed by atoms with Gasteiger partial charge in [-0.05, 0) is 6.42 Å². The summed E-state index contributed by atoms with van der Waals surface area (Å²) in [5.74, 6) is 0. The van der Waals surface area contributed by atoms with Crippen LogP contribution in [-0.2, 0) is 9.47 Å². The van der Waals surface area contributed by atoms with Crippen molar-refractivity contribution in [2.24, 2.45) is 0 Å². The van der Waals surface area contributed by atoms with Crippen molar-refractivity contribution in [3.8, 4) is 0 Å². The molecule has 0 saturated carbocycles. The van der Waals surface area contributed by atoms with Crippen LogP contribution in [0.15, 0.2) is 25.3 Å². The van der Waals surface area contributed by atoms with Gasteiger partial charge < -0.3 is 9.47 Å². The largest absolute Gasteiger partial charge is 0.363 e. The maximum Gasteiger partial charge on any atom is 0.210 e. The molecular weight excluding hydrogens is 151 g/mol. The van der Waals surface area contributed by atoms with Crippen LogP contribution < -0.4 is 0 Å². The molecule has 0 aromatic heterocycles. The highest BCUT2D eigenvalue weighted by atomic mass is 16.7. The average molecular weight is 166 g/mol. The molecule has 1 saturated heterocycles. The maximum absolute atomic E-state index is 5.44. The van der Waals surface area contributed by atoms with E-state index in [1.54, 1.807) is 0 Å². The summed E-state index contributed by atoms with van der Waals surface area (Å²) in [6, 6.07) is 0.272. The third kappa shape index (κ3) is 2.50. The van der Waals surface area contributed by atoms with E-state index in [9.17, 15) is 0 Å². The van der Waals surface area contributed by atoms with E-state index < -0.39 is 0 Å². The second-order valence-corrected chi connectivity index (χ2v) is 3.00. The highest BCUT2D eigenvalue weighted by Gasteiger charge is 2.27. The second kappa shape index (κ2) is 5.17. The number of hydrogen-bond donors (Lipinski definition) is 0. The highest BCUT2D eigenvalue weighted by Crippen LogP contribution is 2.13. The third-order valence-corrected chi connectivity index (χ3v) is 2.09. The first-order chi connectivity index (χ1) is 5.88. The molecule has 0 N–H and O–H groups in total. The van der Waals surface area contributed by atoms with Crippen molar-refractivity contribution in [1.29, 1.82) is 0 Å². The van der Waals surface area contributed by atoms with E-state index in [-0.39, 0.29) is 6.00 Å². The van der Waals surface area contributed by atoms with Crippen molar-refractivity contribution < 1.29 is 9.47 Å². The molecule has 0 radical (unpaired) electrons. The van der Waals surface area contributed by atoms with Crippen molar-refractivity contribution in [1.82, 2.24) is 0 Å². The normalized spacial score (nSPS) is 23.7. The van der Waals surface area contributed by atoms with Gasteiger partial charge in [0.2, 0.25) is 6.71 Å². The lowest BCUT2D eigenvalue weighted by Gasteiger charge is -2.27. The fourth-order valence-electron chi connectivity index (χ4n) is 1.44. The van der Waals surface area contributed by atoms with Crippen LogP contribution in [0.2, 0.25) is 6.32 Å². The van der Waals surface area contributed by atoms with E-state index in [2.05, 4.69) is 13.2 Å². The zero-order valence-electron chi connectivity index (χ0n) is 7.37. The smallest absolute Gasteiger partial charge is 0.210 e. The molecule has 12 heavy (non-hydrogen) atoms. The summed E-state index contributed by atoms with van der Waals surface area (Å²) in [5, 5.41) is 0. The van der Waals surface area contributed by atoms with Crippen LogP contribution in [0.25, 0.3) is 0 Å². The second-order valence-electron chi connectivity index (χ2n) is 3.00. The van der Waals surface area contributed by atoms with Gasteiger partial charge in [0.15, 0.2) is 0 Å². The van der Waals surface area contributed by atoms with E-state index in [4.69, 9.17) is 9.47 Å². The summed E-state index contributed by atoms with van der Waals surface area (Å²) in [5.41, 5.74) is 0. The fraction of sp³-hybridized carbons (Fsp3) is 0.556. The first kappa shape index (κ1) is 9.55. The van der Waals surface area contributed by atoms with Crippen LogP contribution >= 0.6 is 0 Å². The average Bonchev–Trinajstić information content (AvgIpc) is 2.09. The van der Waals surface area contributed by atoms with Crippen LogP contribution in [0.1, 0.15) is 6.42 Å². The maximum atomic E-state index is 5.44. The first-order valence-electron chi connectivity index (χ1n) is 4.29. The van der Waals surface area contributed by atoms with Crippen LogP contribution in [0.4, 0.5) is 0 Å². The SMILES string of the molecule is C=CCB1COCOC1CC=C. The Balaban J connectivity index is 2.41.